The summed E-state index contributed by atoms with van der Waals surface area (Å²) < 4.78 is 30.7. The molecule has 23 heavy (non-hydrogen) atoms. The third-order valence-electron chi connectivity index (χ3n) is 2.89. The molecule has 0 aliphatic heterocycles. The number of nitrogens with one attached hydrogen (secondary N) is 1. The summed E-state index contributed by atoms with van der Waals surface area (Å²) in [6.45, 7) is 3.83. The topological polar surface area (TPSA) is 102 Å². The van der Waals surface area contributed by atoms with Gasteiger partial charge in [0.15, 0.2) is 0 Å². The summed E-state index contributed by atoms with van der Waals surface area (Å²) in [6, 6.07) is 4.26. The first-order valence-corrected chi connectivity index (χ1v) is 8.10. The summed E-state index contributed by atoms with van der Waals surface area (Å²) in [7, 11) is 0.491. The minimum absolute atomic E-state index is 0. The number of ether oxygens (including phenoxy) is 1. The molecule has 1 rings (SSSR count). The van der Waals surface area contributed by atoms with Crippen molar-refractivity contribution in [1.82, 2.24) is 9.62 Å². The molecule has 0 saturated heterocycles. The summed E-state index contributed by atoms with van der Waals surface area (Å²) in [4.78, 5) is 12.1. The lowest BCUT2D eigenvalue weighted by molar-refractivity contribution is 0.0946. The number of amides is 1. The van der Waals surface area contributed by atoms with Gasteiger partial charge in [-0.3, -0.25) is 4.79 Å². The molecule has 7 nitrogen and oxygen atoms in total. The fourth-order valence-corrected chi connectivity index (χ4v) is 2.70. The van der Waals surface area contributed by atoms with Crippen LogP contribution < -0.4 is 15.8 Å². The molecule has 1 aromatic carbocycles. The van der Waals surface area contributed by atoms with Crippen LogP contribution in [0.3, 0.4) is 0 Å². The SMILES string of the molecule is COc1ccc(C(=O)NCC(C)(C)N)cc1S(=O)(=O)N(C)C.Cl. The quantitative estimate of drug-likeness (QED) is 0.777. The van der Waals surface area contributed by atoms with Crippen LogP contribution in [0.2, 0.25) is 0 Å². The lowest BCUT2D eigenvalue weighted by Crippen LogP contribution is -2.45. The minimum Gasteiger partial charge on any atom is -0.495 e. The van der Waals surface area contributed by atoms with Gasteiger partial charge in [-0.15, -0.1) is 12.4 Å². The maximum atomic E-state index is 12.3. The molecule has 0 saturated carbocycles. The highest BCUT2D eigenvalue weighted by atomic mass is 35.5. The van der Waals surface area contributed by atoms with Gasteiger partial charge in [-0.25, -0.2) is 12.7 Å². The zero-order valence-electron chi connectivity index (χ0n) is 13.9. The van der Waals surface area contributed by atoms with E-state index in [-0.39, 0.29) is 35.2 Å². The number of carbonyl (C=O) groups excluding carboxylic acids is 1. The van der Waals surface area contributed by atoms with Gasteiger partial charge >= 0.3 is 0 Å². The van der Waals surface area contributed by atoms with Gasteiger partial charge in [0.2, 0.25) is 10.0 Å². The van der Waals surface area contributed by atoms with Crippen LogP contribution in [0.1, 0.15) is 24.2 Å². The largest absolute Gasteiger partial charge is 0.495 e. The second-order valence-corrected chi connectivity index (χ2v) is 7.94. The number of hydrogen-bond acceptors (Lipinski definition) is 5. The molecule has 1 aromatic rings. The van der Waals surface area contributed by atoms with E-state index >= 15 is 0 Å². The van der Waals surface area contributed by atoms with Crippen LogP contribution in [0.15, 0.2) is 23.1 Å². The van der Waals surface area contributed by atoms with Gasteiger partial charge in [-0.2, -0.15) is 0 Å². The third-order valence-corrected chi connectivity index (χ3v) is 4.73. The second kappa shape index (κ2) is 7.96. The number of halogens is 1. The molecular formula is C14H24ClN3O4S. The minimum atomic E-state index is -3.72. The van der Waals surface area contributed by atoms with Gasteiger partial charge in [0, 0.05) is 31.7 Å². The van der Waals surface area contributed by atoms with Gasteiger partial charge in [0.05, 0.1) is 7.11 Å². The number of sulfonamides is 1. The molecule has 0 atom stereocenters. The molecule has 0 radical (unpaired) electrons. The van der Waals surface area contributed by atoms with Gasteiger partial charge in [-0.1, -0.05) is 0 Å². The number of carbonyl (C=O) groups is 1. The standard InChI is InChI=1S/C14H23N3O4S.ClH/c1-14(2,15)9-16-13(18)10-6-7-11(21-5)12(8-10)22(19,20)17(3)4;/h6-8H,9,15H2,1-5H3,(H,16,18);1H. The third kappa shape index (κ3) is 5.65. The Morgan fingerprint density at radius 3 is 2.35 bits per heavy atom. The van der Waals surface area contributed by atoms with E-state index in [1.54, 1.807) is 13.8 Å². The van der Waals surface area contributed by atoms with Gasteiger partial charge < -0.3 is 15.8 Å². The number of hydrogen-bond donors (Lipinski definition) is 2. The van der Waals surface area contributed by atoms with Crippen molar-refractivity contribution >= 4 is 28.3 Å². The Hall–Kier alpha value is -1.35. The van der Waals surface area contributed by atoms with Crippen LogP contribution in [0.5, 0.6) is 5.75 Å². The smallest absolute Gasteiger partial charge is 0.251 e. The normalized spacial score (nSPS) is 11.8. The molecule has 132 valence electrons. The Kier molecular flexibility index (Phi) is 7.49. The van der Waals surface area contributed by atoms with E-state index in [1.165, 1.54) is 39.4 Å². The predicted molar refractivity (Wildman–Crippen MR) is 91.7 cm³/mol. The highest BCUT2D eigenvalue weighted by molar-refractivity contribution is 7.89. The van der Waals surface area contributed by atoms with Crippen LogP contribution >= 0.6 is 12.4 Å². The summed E-state index contributed by atoms with van der Waals surface area (Å²) in [5.74, 6) is -0.208. The van der Waals surface area contributed by atoms with Crippen molar-refractivity contribution < 1.29 is 17.9 Å². The van der Waals surface area contributed by atoms with Crippen LogP contribution in [0.25, 0.3) is 0 Å². The highest BCUT2D eigenvalue weighted by Gasteiger charge is 2.24. The number of nitrogens with two attached hydrogens (primary N) is 1. The van der Waals surface area contributed by atoms with E-state index in [0.717, 1.165) is 4.31 Å². The van der Waals surface area contributed by atoms with Crippen LogP contribution in [0, 0.1) is 0 Å². The number of nitrogens with zero attached hydrogens (tertiary/aromatic N) is 1. The average Bonchev–Trinajstić information content (AvgIpc) is 2.43. The molecule has 0 aliphatic carbocycles. The van der Waals surface area contributed by atoms with Gasteiger partial charge in [-0.05, 0) is 32.0 Å². The van der Waals surface area contributed by atoms with Crippen molar-refractivity contribution in [3.05, 3.63) is 23.8 Å². The molecule has 0 fully saturated rings. The lowest BCUT2D eigenvalue weighted by atomic mass is 10.1. The van der Waals surface area contributed by atoms with Crippen molar-refractivity contribution in [2.24, 2.45) is 5.73 Å². The molecule has 0 bridgehead atoms. The summed E-state index contributed by atoms with van der Waals surface area (Å²) in [5.41, 5.74) is 5.48. The van der Waals surface area contributed by atoms with Crippen molar-refractivity contribution in [2.75, 3.05) is 27.7 Å². The van der Waals surface area contributed by atoms with E-state index in [9.17, 15) is 13.2 Å². The predicted octanol–water partition coefficient (Wildman–Crippen LogP) is 0.834. The molecule has 0 aliphatic rings. The van der Waals surface area contributed by atoms with Crippen molar-refractivity contribution in [2.45, 2.75) is 24.3 Å². The fourth-order valence-electron chi connectivity index (χ4n) is 1.63. The Balaban J connectivity index is 0.00000484. The lowest BCUT2D eigenvalue weighted by Gasteiger charge is -2.19. The number of rotatable bonds is 6. The summed E-state index contributed by atoms with van der Waals surface area (Å²) in [6.07, 6.45) is 0. The average molecular weight is 366 g/mol. The number of benzene rings is 1. The Labute approximate surface area is 143 Å². The van der Waals surface area contributed by atoms with E-state index < -0.39 is 21.5 Å². The van der Waals surface area contributed by atoms with E-state index in [0.29, 0.717) is 0 Å². The zero-order chi connectivity index (χ0) is 17.1. The molecule has 3 N–H and O–H groups in total. The summed E-state index contributed by atoms with van der Waals surface area (Å²) in [5, 5.41) is 2.67. The first-order chi connectivity index (χ1) is 9.99. The fraction of sp³-hybridized carbons (Fsp3) is 0.500. The van der Waals surface area contributed by atoms with Gasteiger partial charge in [0.25, 0.3) is 5.91 Å². The van der Waals surface area contributed by atoms with Crippen LogP contribution in [-0.2, 0) is 10.0 Å². The first kappa shape index (κ1) is 21.6. The molecule has 0 spiro atoms. The molecule has 0 unspecified atom stereocenters. The van der Waals surface area contributed by atoms with Crippen molar-refractivity contribution in [1.29, 1.82) is 0 Å². The Bertz CT molecular complexity index is 654. The zero-order valence-corrected chi connectivity index (χ0v) is 15.5. The second-order valence-electron chi connectivity index (χ2n) is 5.82. The molecule has 9 heteroatoms. The Morgan fingerprint density at radius 2 is 1.91 bits per heavy atom. The van der Waals surface area contributed by atoms with Crippen molar-refractivity contribution in [3.8, 4) is 5.75 Å². The molecular weight excluding hydrogens is 342 g/mol. The first-order valence-electron chi connectivity index (χ1n) is 6.66. The van der Waals surface area contributed by atoms with E-state index in [4.69, 9.17) is 10.5 Å². The maximum absolute atomic E-state index is 12.3. The van der Waals surface area contributed by atoms with Crippen molar-refractivity contribution in [3.63, 3.8) is 0 Å². The summed E-state index contributed by atoms with van der Waals surface area (Å²) >= 11 is 0. The van der Waals surface area contributed by atoms with Gasteiger partial charge in [0.1, 0.15) is 10.6 Å². The Morgan fingerprint density at radius 1 is 1.35 bits per heavy atom. The van der Waals surface area contributed by atoms with Crippen LogP contribution in [0.4, 0.5) is 0 Å². The van der Waals surface area contributed by atoms with E-state index in [2.05, 4.69) is 5.32 Å². The molecule has 0 aromatic heterocycles. The maximum Gasteiger partial charge on any atom is 0.251 e. The number of methoxy groups -OCH3 is 1. The molecule has 0 heterocycles. The van der Waals surface area contributed by atoms with Crippen LogP contribution in [-0.4, -0.2) is 51.9 Å². The highest BCUT2D eigenvalue weighted by Crippen LogP contribution is 2.26. The molecule has 1 amide bonds. The monoisotopic (exact) mass is 365 g/mol. The van der Waals surface area contributed by atoms with E-state index in [1.807, 2.05) is 0 Å².